The second-order valence-corrected chi connectivity index (χ2v) is 2.72. The van der Waals surface area contributed by atoms with Gasteiger partial charge < -0.3 is 0 Å². The van der Waals surface area contributed by atoms with Crippen LogP contribution in [0.25, 0.3) is 0 Å². The number of nitrogens with zero attached hydrogens (tertiary/aromatic N) is 3. The Kier molecular flexibility index (Phi) is 3.22. The highest BCUT2D eigenvalue weighted by Gasteiger charge is 2.19. The van der Waals surface area contributed by atoms with Gasteiger partial charge in [0.05, 0.1) is 6.20 Å². The molecule has 6 heteroatoms. The number of carbonyl (C=O) groups is 2. The summed E-state index contributed by atoms with van der Waals surface area (Å²) in [5.74, 6) is -0.502. The van der Waals surface area contributed by atoms with Crippen molar-refractivity contribution in [3.63, 3.8) is 0 Å². The van der Waals surface area contributed by atoms with Crippen LogP contribution in [0.2, 0.25) is 0 Å². The zero-order valence-corrected chi connectivity index (χ0v) is 8.02. The molecule has 1 heterocycles. The molecule has 1 N–H and O–H groups in total. The number of rotatable bonds is 0. The first-order valence-electron chi connectivity index (χ1n) is 4.10. The van der Waals surface area contributed by atoms with E-state index in [1.54, 1.807) is 12.3 Å². The largest absolute Gasteiger partial charge is 0.422 e. The van der Waals surface area contributed by atoms with E-state index in [2.05, 4.69) is 15.4 Å². The molecule has 1 rings (SSSR count). The first-order chi connectivity index (χ1) is 6.59. The molecule has 1 aliphatic rings. The topological polar surface area (TPSA) is 73.9 Å². The molecular weight excluding hydrogens is 184 g/mol. The Morgan fingerprint density at radius 2 is 2.21 bits per heavy atom. The Balaban J connectivity index is 2.82. The monoisotopic (exact) mass is 195 g/mol. The van der Waals surface area contributed by atoms with Gasteiger partial charge in [-0.3, -0.25) is 9.59 Å². The van der Waals surface area contributed by atoms with E-state index < -0.39 is 0 Å². The highest BCUT2D eigenvalue weighted by Crippen LogP contribution is 1.94. The molecule has 1 aliphatic heterocycles. The van der Waals surface area contributed by atoms with Gasteiger partial charge in [0.2, 0.25) is 0 Å². The fourth-order valence-corrected chi connectivity index (χ4v) is 0.920. The molecule has 0 unspecified atom stereocenters. The smallest absolute Gasteiger partial charge is 0.257 e. The van der Waals surface area contributed by atoms with Gasteiger partial charge in [-0.15, -0.1) is 9.81 Å². The highest BCUT2D eigenvalue weighted by atomic mass is 16.2. The van der Waals surface area contributed by atoms with E-state index >= 15 is 0 Å². The molecule has 74 valence electrons. The summed E-state index contributed by atoms with van der Waals surface area (Å²) in [7, 11) is 0. The SMILES string of the molecule is CC(=O)N=C(NC(C)=O)[N+]1=NC=CC1. The van der Waals surface area contributed by atoms with Gasteiger partial charge in [-0.2, -0.15) is 0 Å². The third-order valence-corrected chi connectivity index (χ3v) is 1.39. The molecule has 0 radical (unpaired) electrons. The summed E-state index contributed by atoms with van der Waals surface area (Å²) < 4.78 is 1.43. The summed E-state index contributed by atoms with van der Waals surface area (Å²) in [4.78, 5) is 25.2. The Morgan fingerprint density at radius 1 is 1.50 bits per heavy atom. The van der Waals surface area contributed by atoms with Crippen LogP contribution < -0.4 is 5.32 Å². The van der Waals surface area contributed by atoms with E-state index in [4.69, 9.17) is 0 Å². The molecule has 0 aromatic carbocycles. The van der Waals surface area contributed by atoms with Gasteiger partial charge >= 0.3 is 11.9 Å². The molecule has 0 fully saturated rings. The number of amides is 2. The Bertz CT molecular complexity index is 354. The minimum absolute atomic E-state index is 0.162. The van der Waals surface area contributed by atoms with Crippen LogP contribution in [-0.4, -0.2) is 29.0 Å². The van der Waals surface area contributed by atoms with Gasteiger partial charge in [-0.05, 0) is 11.1 Å². The molecule has 0 aromatic rings. The first-order valence-corrected chi connectivity index (χ1v) is 4.10. The normalized spacial score (nSPS) is 15.3. The lowest BCUT2D eigenvalue weighted by Crippen LogP contribution is -2.37. The van der Waals surface area contributed by atoms with Gasteiger partial charge in [0.25, 0.3) is 5.91 Å². The van der Waals surface area contributed by atoms with E-state index in [1.165, 1.54) is 18.5 Å². The molecule has 0 spiro atoms. The zero-order chi connectivity index (χ0) is 10.6. The third-order valence-electron chi connectivity index (χ3n) is 1.39. The van der Waals surface area contributed by atoms with Crippen molar-refractivity contribution in [2.45, 2.75) is 13.8 Å². The summed E-state index contributed by atoms with van der Waals surface area (Å²) in [5, 5.41) is 6.33. The molecule has 0 aliphatic carbocycles. The predicted octanol–water partition coefficient (Wildman–Crippen LogP) is 0.0170. The predicted molar refractivity (Wildman–Crippen MR) is 48.6 cm³/mol. The molecule has 0 saturated carbocycles. The quantitative estimate of drug-likeness (QED) is 0.336. The molecule has 6 nitrogen and oxygen atoms in total. The molecular formula is C8H11N4O2+. The average Bonchev–Trinajstić information content (AvgIpc) is 2.52. The summed E-state index contributed by atoms with van der Waals surface area (Å²) in [5.41, 5.74) is 0. The van der Waals surface area contributed by atoms with E-state index in [-0.39, 0.29) is 17.8 Å². The van der Waals surface area contributed by atoms with Gasteiger partial charge in [0.1, 0.15) is 6.54 Å². The fourth-order valence-electron chi connectivity index (χ4n) is 0.920. The Labute approximate surface area is 81.0 Å². The Morgan fingerprint density at radius 3 is 2.64 bits per heavy atom. The number of azo groups is 2. The maximum Gasteiger partial charge on any atom is 0.422 e. The molecule has 0 saturated heterocycles. The third kappa shape index (κ3) is 2.89. The van der Waals surface area contributed by atoms with Crippen LogP contribution in [0.15, 0.2) is 22.4 Å². The van der Waals surface area contributed by atoms with Crippen molar-refractivity contribution in [3.05, 3.63) is 12.3 Å². The maximum atomic E-state index is 10.8. The molecule has 0 bridgehead atoms. The maximum absolute atomic E-state index is 10.8. The summed E-state index contributed by atoms with van der Waals surface area (Å²) >= 11 is 0. The van der Waals surface area contributed by atoms with Crippen molar-refractivity contribution in [1.82, 2.24) is 5.32 Å². The van der Waals surface area contributed by atoms with Gasteiger partial charge in [0.15, 0.2) is 0 Å². The summed E-state index contributed by atoms with van der Waals surface area (Å²) in [6, 6.07) is 0. The number of guanidine groups is 1. The number of aliphatic imine (C=N–C) groups is 1. The van der Waals surface area contributed by atoms with Crippen LogP contribution in [0.5, 0.6) is 0 Å². The van der Waals surface area contributed by atoms with Crippen molar-refractivity contribution < 1.29 is 14.3 Å². The zero-order valence-electron chi connectivity index (χ0n) is 8.02. The van der Waals surface area contributed by atoms with Crippen LogP contribution in [0.1, 0.15) is 13.8 Å². The van der Waals surface area contributed by atoms with E-state index in [9.17, 15) is 9.59 Å². The van der Waals surface area contributed by atoms with Crippen LogP contribution in [-0.2, 0) is 9.59 Å². The summed E-state index contributed by atoms with van der Waals surface area (Å²) in [6.45, 7) is 3.16. The van der Waals surface area contributed by atoms with Crippen molar-refractivity contribution in [2.75, 3.05) is 6.54 Å². The minimum Gasteiger partial charge on any atom is -0.257 e. The molecule has 0 aromatic heterocycles. The van der Waals surface area contributed by atoms with Crippen molar-refractivity contribution in [2.24, 2.45) is 10.1 Å². The second kappa shape index (κ2) is 4.40. The lowest BCUT2D eigenvalue weighted by atomic mass is 10.6. The lowest BCUT2D eigenvalue weighted by Gasteiger charge is -1.98. The Hall–Kier alpha value is -1.85. The highest BCUT2D eigenvalue weighted by molar-refractivity contribution is 5.97. The number of hydrogen-bond donors (Lipinski definition) is 1. The van der Waals surface area contributed by atoms with Crippen LogP contribution in [0, 0.1) is 0 Å². The summed E-state index contributed by atoms with van der Waals surface area (Å²) in [6.07, 6.45) is 3.37. The van der Waals surface area contributed by atoms with Crippen molar-refractivity contribution in [3.8, 4) is 0 Å². The number of carbonyl (C=O) groups excluding carboxylic acids is 2. The average molecular weight is 195 g/mol. The minimum atomic E-state index is -0.379. The van der Waals surface area contributed by atoms with Gasteiger partial charge in [0, 0.05) is 13.8 Å². The molecule has 2 amide bonds. The first kappa shape index (κ1) is 10.2. The van der Waals surface area contributed by atoms with Crippen LogP contribution in [0.4, 0.5) is 0 Å². The van der Waals surface area contributed by atoms with Gasteiger partial charge in [-0.1, -0.05) is 0 Å². The van der Waals surface area contributed by atoms with Crippen molar-refractivity contribution in [1.29, 1.82) is 0 Å². The van der Waals surface area contributed by atoms with Gasteiger partial charge in [-0.25, -0.2) is 5.32 Å². The molecule has 0 atom stereocenters. The standard InChI is InChI=1S/C8H10N4O2/c1-6(13)10-8(11-7(2)14)12-5-3-4-9-12/h3-4H,5H2,1-2H3/p+1. The molecule has 14 heavy (non-hydrogen) atoms. The van der Waals surface area contributed by atoms with E-state index in [0.717, 1.165) is 0 Å². The lowest BCUT2D eigenvalue weighted by molar-refractivity contribution is -0.464. The van der Waals surface area contributed by atoms with Crippen LogP contribution >= 0.6 is 0 Å². The fraction of sp³-hybridized carbons (Fsp3) is 0.375. The van der Waals surface area contributed by atoms with Crippen molar-refractivity contribution >= 4 is 17.8 Å². The van der Waals surface area contributed by atoms with E-state index in [1.807, 2.05) is 0 Å². The van der Waals surface area contributed by atoms with E-state index in [0.29, 0.717) is 6.54 Å². The number of nitrogens with one attached hydrogen (secondary N) is 1. The number of hydrogen-bond acceptors (Lipinski definition) is 3. The second-order valence-electron chi connectivity index (χ2n) is 2.72. The van der Waals surface area contributed by atoms with Crippen LogP contribution in [0.3, 0.4) is 0 Å².